The van der Waals surface area contributed by atoms with Crippen LogP contribution in [0.15, 0.2) is 40.9 Å². The van der Waals surface area contributed by atoms with Crippen LogP contribution >= 0.6 is 15.9 Å². The molecule has 2 aromatic carbocycles. The summed E-state index contributed by atoms with van der Waals surface area (Å²) in [6, 6.07) is 8.92. The molecule has 2 aromatic rings. The zero-order valence-electron chi connectivity index (χ0n) is 11.2. The minimum Gasteiger partial charge on any atom is -0.396 e. The number of benzene rings is 2. The van der Waals surface area contributed by atoms with E-state index in [9.17, 15) is 13.6 Å². The summed E-state index contributed by atoms with van der Waals surface area (Å²) in [5.74, 6) is -2.83. The molecule has 0 radical (unpaired) electrons. The fraction of sp³-hybridized carbons (Fsp3) is 0.133. The Labute approximate surface area is 129 Å². The van der Waals surface area contributed by atoms with Crippen molar-refractivity contribution in [2.75, 3.05) is 5.73 Å². The molecule has 0 spiro atoms. The first kappa shape index (κ1) is 15.4. The highest BCUT2D eigenvalue weighted by molar-refractivity contribution is 9.10. The van der Waals surface area contributed by atoms with Crippen molar-refractivity contribution in [1.82, 2.24) is 5.32 Å². The largest absolute Gasteiger partial charge is 0.396 e. The molecule has 1 atom stereocenters. The average Bonchev–Trinajstić information content (AvgIpc) is 2.43. The molecule has 110 valence electrons. The molecular formula is C15H13BrF2N2O. The Morgan fingerprint density at radius 1 is 1.29 bits per heavy atom. The maximum Gasteiger partial charge on any atom is 0.257 e. The number of nitrogens with two attached hydrogens (primary N) is 1. The molecule has 3 nitrogen and oxygen atoms in total. The van der Waals surface area contributed by atoms with Gasteiger partial charge in [-0.25, -0.2) is 8.78 Å². The molecule has 2 rings (SSSR count). The number of nitrogens with one attached hydrogen (secondary N) is 1. The summed E-state index contributed by atoms with van der Waals surface area (Å²) in [6.07, 6.45) is 0. The van der Waals surface area contributed by atoms with E-state index in [4.69, 9.17) is 5.73 Å². The lowest BCUT2D eigenvalue weighted by Crippen LogP contribution is -2.28. The summed E-state index contributed by atoms with van der Waals surface area (Å²) in [5.41, 5.74) is 5.23. The van der Waals surface area contributed by atoms with E-state index in [0.29, 0.717) is 0 Å². The fourth-order valence-electron chi connectivity index (χ4n) is 1.90. The van der Waals surface area contributed by atoms with Gasteiger partial charge in [0, 0.05) is 4.47 Å². The first-order valence-corrected chi connectivity index (χ1v) is 6.99. The van der Waals surface area contributed by atoms with Crippen molar-refractivity contribution >= 4 is 27.5 Å². The summed E-state index contributed by atoms with van der Waals surface area (Å²) >= 11 is 3.33. The lowest BCUT2D eigenvalue weighted by atomic mass is 10.1. The van der Waals surface area contributed by atoms with E-state index in [2.05, 4.69) is 21.2 Å². The van der Waals surface area contributed by atoms with Crippen LogP contribution in [0.3, 0.4) is 0 Å². The maximum absolute atomic E-state index is 13.8. The monoisotopic (exact) mass is 354 g/mol. The lowest BCUT2D eigenvalue weighted by molar-refractivity contribution is 0.0931. The highest BCUT2D eigenvalue weighted by Crippen LogP contribution is 2.21. The summed E-state index contributed by atoms with van der Waals surface area (Å²) < 4.78 is 28.3. The van der Waals surface area contributed by atoms with Crippen LogP contribution in [-0.4, -0.2) is 5.91 Å². The second kappa shape index (κ2) is 6.22. The van der Waals surface area contributed by atoms with Gasteiger partial charge in [0.2, 0.25) is 0 Å². The summed E-state index contributed by atoms with van der Waals surface area (Å²) in [7, 11) is 0. The third-order valence-electron chi connectivity index (χ3n) is 3.04. The zero-order chi connectivity index (χ0) is 15.6. The average molecular weight is 355 g/mol. The van der Waals surface area contributed by atoms with Crippen molar-refractivity contribution in [3.05, 3.63) is 63.6 Å². The van der Waals surface area contributed by atoms with Gasteiger partial charge in [-0.05, 0) is 36.8 Å². The molecule has 6 heteroatoms. The van der Waals surface area contributed by atoms with Crippen molar-refractivity contribution in [3.63, 3.8) is 0 Å². The van der Waals surface area contributed by atoms with E-state index in [0.717, 1.165) is 22.2 Å². The third kappa shape index (κ3) is 3.39. The van der Waals surface area contributed by atoms with Gasteiger partial charge in [-0.15, -0.1) is 0 Å². The molecule has 1 unspecified atom stereocenters. The van der Waals surface area contributed by atoms with Crippen molar-refractivity contribution in [2.45, 2.75) is 13.0 Å². The topological polar surface area (TPSA) is 55.1 Å². The number of carbonyl (C=O) groups is 1. The van der Waals surface area contributed by atoms with Gasteiger partial charge in [0.1, 0.15) is 11.4 Å². The van der Waals surface area contributed by atoms with Gasteiger partial charge in [0.15, 0.2) is 5.82 Å². The minimum absolute atomic E-state index is 0.267. The Bertz CT molecular complexity index is 691. The maximum atomic E-state index is 13.8. The molecule has 21 heavy (non-hydrogen) atoms. The van der Waals surface area contributed by atoms with Gasteiger partial charge >= 0.3 is 0 Å². The molecule has 1 amide bonds. The van der Waals surface area contributed by atoms with E-state index < -0.39 is 29.1 Å². The standard InChI is InChI=1S/C15H13BrF2N2O/c1-8(9-3-2-4-10(16)7-9)20-15(21)13-11(17)5-6-12(19)14(13)18/h2-8H,19H2,1H3,(H,20,21). The first-order chi connectivity index (χ1) is 9.90. The molecular weight excluding hydrogens is 342 g/mol. The number of rotatable bonds is 3. The van der Waals surface area contributed by atoms with Gasteiger partial charge in [-0.3, -0.25) is 4.79 Å². The van der Waals surface area contributed by atoms with Crippen LogP contribution in [0.25, 0.3) is 0 Å². The van der Waals surface area contributed by atoms with Crippen LogP contribution in [-0.2, 0) is 0 Å². The van der Waals surface area contributed by atoms with E-state index in [1.54, 1.807) is 6.92 Å². The van der Waals surface area contributed by atoms with Gasteiger partial charge in [-0.1, -0.05) is 28.1 Å². The molecule has 0 aliphatic carbocycles. The first-order valence-electron chi connectivity index (χ1n) is 6.20. The normalized spacial score (nSPS) is 12.0. The molecule has 0 saturated carbocycles. The molecule has 0 aliphatic heterocycles. The van der Waals surface area contributed by atoms with Gasteiger partial charge in [0.25, 0.3) is 5.91 Å². The van der Waals surface area contributed by atoms with Crippen LogP contribution in [0.5, 0.6) is 0 Å². The predicted octanol–water partition coefficient (Wildman–Crippen LogP) is 3.80. The lowest BCUT2D eigenvalue weighted by Gasteiger charge is -2.15. The number of hydrogen-bond acceptors (Lipinski definition) is 2. The number of anilines is 1. The van der Waals surface area contributed by atoms with Crippen LogP contribution in [0, 0.1) is 11.6 Å². The molecule has 3 N–H and O–H groups in total. The van der Waals surface area contributed by atoms with E-state index >= 15 is 0 Å². The highest BCUT2D eigenvalue weighted by atomic mass is 79.9. The van der Waals surface area contributed by atoms with Gasteiger partial charge in [-0.2, -0.15) is 0 Å². The number of carbonyl (C=O) groups excluding carboxylic acids is 1. The molecule has 0 saturated heterocycles. The van der Waals surface area contributed by atoms with Crippen molar-refractivity contribution in [1.29, 1.82) is 0 Å². The Hall–Kier alpha value is -1.95. The van der Waals surface area contributed by atoms with Crippen molar-refractivity contribution in [3.8, 4) is 0 Å². The summed E-state index contributed by atoms with van der Waals surface area (Å²) in [5, 5.41) is 2.55. The molecule has 0 fully saturated rings. The summed E-state index contributed by atoms with van der Waals surface area (Å²) in [4.78, 5) is 12.0. The van der Waals surface area contributed by atoms with Crippen LogP contribution in [0.1, 0.15) is 28.9 Å². The van der Waals surface area contributed by atoms with Gasteiger partial charge < -0.3 is 11.1 Å². The molecule has 0 aliphatic rings. The zero-order valence-corrected chi connectivity index (χ0v) is 12.7. The Morgan fingerprint density at radius 3 is 2.67 bits per heavy atom. The highest BCUT2D eigenvalue weighted by Gasteiger charge is 2.21. The SMILES string of the molecule is CC(NC(=O)c1c(F)ccc(N)c1F)c1cccc(Br)c1. The number of hydrogen-bond donors (Lipinski definition) is 2. The summed E-state index contributed by atoms with van der Waals surface area (Å²) in [6.45, 7) is 1.72. The van der Waals surface area contributed by atoms with Crippen LogP contribution in [0.2, 0.25) is 0 Å². The molecule has 0 heterocycles. The van der Waals surface area contributed by atoms with E-state index in [-0.39, 0.29) is 5.69 Å². The fourth-order valence-corrected chi connectivity index (χ4v) is 2.32. The minimum atomic E-state index is -1.05. The Morgan fingerprint density at radius 2 is 2.00 bits per heavy atom. The van der Waals surface area contributed by atoms with Crippen LogP contribution in [0.4, 0.5) is 14.5 Å². The predicted molar refractivity (Wildman–Crippen MR) is 80.8 cm³/mol. The Kier molecular flexibility index (Phi) is 4.57. The third-order valence-corrected chi connectivity index (χ3v) is 3.54. The van der Waals surface area contributed by atoms with E-state index in [1.807, 2.05) is 24.3 Å². The van der Waals surface area contributed by atoms with E-state index in [1.165, 1.54) is 0 Å². The van der Waals surface area contributed by atoms with Gasteiger partial charge in [0.05, 0.1) is 11.7 Å². The second-order valence-corrected chi connectivity index (χ2v) is 5.49. The van der Waals surface area contributed by atoms with Crippen molar-refractivity contribution in [2.24, 2.45) is 0 Å². The quantitative estimate of drug-likeness (QED) is 0.823. The smallest absolute Gasteiger partial charge is 0.257 e. The number of amides is 1. The van der Waals surface area contributed by atoms with Crippen molar-refractivity contribution < 1.29 is 13.6 Å². The second-order valence-electron chi connectivity index (χ2n) is 4.58. The number of halogens is 3. The molecule has 0 bridgehead atoms. The van der Waals surface area contributed by atoms with Crippen LogP contribution < -0.4 is 11.1 Å². The Balaban J connectivity index is 2.24. The molecule has 0 aromatic heterocycles. The number of nitrogen functional groups attached to an aromatic ring is 1.